The van der Waals surface area contributed by atoms with E-state index in [1.807, 2.05) is 24.5 Å². The molecule has 4 rings (SSSR count). The predicted octanol–water partition coefficient (Wildman–Crippen LogP) is 4.98. The minimum Gasteiger partial charge on any atom is -0.453 e. The summed E-state index contributed by atoms with van der Waals surface area (Å²) in [7, 11) is 0. The number of anilines is 3. The van der Waals surface area contributed by atoms with E-state index in [0.717, 1.165) is 28.6 Å². The van der Waals surface area contributed by atoms with Crippen LogP contribution in [0.5, 0.6) is 11.5 Å². The Labute approximate surface area is 135 Å². The number of hydrogen-bond donors (Lipinski definition) is 0. The van der Waals surface area contributed by atoms with Crippen molar-refractivity contribution in [3.8, 4) is 11.5 Å². The molecular weight excluding hydrogens is 286 g/mol. The van der Waals surface area contributed by atoms with Crippen LogP contribution < -0.4 is 9.64 Å². The zero-order chi connectivity index (χ0) is 16.0. The van der Waals surface area contributed by atoms with Crippen molar-refractivity contribution in [1.29, 1.82) is 0 Å². The summed E-state index contributed by atoms with van der Waals surface area (Å²) in [6.45, 7) is 6.39. The van der Waals surface area contributed by atoms with Crippen LogP contribution in [0.25, 0.3) is 0 Å². The predicted molar refractivity (Wildman–Crippen MR) is 91.0 cm³/mol. The van der Waals surface area contributed by atoms with Gasteiger partial charge in [-0.15, -0.1) is 0 Å². The van der Waals surface area contributed by atoms with Gasteiger partial charge in [-0.05, 0) is 31.9 Å². The largest absolute Gasteiger partial charge is 0.453 e. The van der Waals surface area contributed by atoms with Crippen molar-refractivity contribution in [2.75, 3.05) is 4.90 Å². The van der Waals surface area contributed by atoms with E-state index < -0.39 is 0 Å². The number of benzene rings is 1. The minimum absolute atomic E-state index is 0.804. The Morgan fingerprint density at radius 1 is 0.826 bits per heavy atom. The van der Waals surface area contributed by atoms with Crippen molar-refractivity contribution in [1.82, 2.24) is 9.97 Å². The number of nitrogens with zero attached hydrogens (tertiary/aromatic N) is 3. The van der Waals surface area contributed by atoms with Crippen LogP contribution >= 0.6 is 0 Å². The number of rotatable bonds is 1. The summed E-state index contributed by atoms with van der Waals surface area (Å²) in [6, 6.07) is 8.18. The summed E-state index contributed by atoms with van der Waals surface area (Å²) < 4.78 is 6.01. The molecule has 1 aliphatic rings. The molecule has 0 aliphatic carbocycles. The first kappa shape index (κ1) is 13.8. The zero-order valence-corrected chi connectivity index (χ0v) is 13.4. The molecule has 0 radical (unpaired) electrons. The van der Waals surface area contributed by atoms with Crippen LogP contribution in [0.4, 0.5) is 17.1 Å². The summed E-state index contributed by atoms with van der Waals surface area (Å²) in [5.74, 6) is 1.61. The van der Waals surface area contributed by atoms with E-state index in [9.17, 15) is 0 Å². The average Bonchev–Trinajstić information content (AvgIpc) is 2.53. The van der Waals surface area contributed by atoms with Crippen LogP contribution in [0.15, 0.2) is 49.1 Å². The van der Waals surface area contributed by atoms with E-state index in [0.29, 0.717) is 0 Å². The molecule has 0 bridgehead atoms. The Kier molecular flexibility index (Phi) is 3.05. The molecule has 2 aromatic heterocycles. The van der Waals surface area contributed by atoms with Crippen molar-refractivity contribution >= 4 is 17.1 Å². The molecule has 1 aliphatic heterocycles. The average molecular weight is 303 g/mol. The van der Waals surface area contributed by atoms with Crippen molar-refractivity contribution in [2.24, 2.45) is 0 Å². The van der Waals surface area contributed by atoms with E-state index in [2.05, 4.69) is 47.8 Å². The van der Waals surface area contributed by atoms with Gasteiger partial charge in [-0.25, -0.2) is 0 Å². The molecule has 1 aromatic carbocycles. The van der Waals surface area contributed by atoms with Crippen molar-refractivity contribution in [3.05, 3.63) is 65.7 Å². The normalized spacial score (nSPS) is 12.4. The van der Waals surface area contributed by atoms with Crippen LogP contribution in [-0.2, 0) is 0 Å². The van der Waals surface area contributed by atoms with Gasteiger partial charge in [0.15, 0.2) is 11.5 Å². The zero-order valence-electron chi connectivity index (χ0n) is 13.4. The number of pyridine rings is 2. The highest BCUT2D eigenvalue weighted by Crippen LogP contribution is 2.50. The van der Waals surface area contributed by atoms with Crippen LogP contribution in [0.1, 0.15) is 16.7 Å². The molecule has 0 saturated carbocycles. The second kappa shape index (κ2) is 5.09. The summed E-state index contributed by atoms with van der Waals surface area (Å²) in [5, 5.41) is 0. The molecule has 0 unspecified atom stereocenters. The highest BCUT2D eigenvalue weighted by Gasteiger charge is 2.28. The van der Waals surface area contributed by atoms with Gasteiger partial charge >= 0.3 is 0 Å². The van der Waals surface area contributed by atoms with E-state index >= 15 is 0 Å². The number of fused-ring (bicyclic) bond motifs is 2. The maximum atomic E-state index is 6.01. The molecule has 0 atom stereocenters. The Bertz CT molecular complexity index is 836. The second-order valence-corrected chi connectivity index (χ2v) is 5.87. The lowest BCUT2D eigenvalue weighted by atomic mass is 10.0. The Morgan fingerprint density at radius 3 is 1.87 bits per heavy atom. The lowest BCUT2D eigenvalue weighted by Gasteiger charge is -2.34. The standard InChI is InChI=1S/C19H17N3O/c1-12-8-13(2)19(14(3)9-12)22-15-10-20-6-4-17(15)23-18-5-7-21-11-16(18)22/h4-11H,1-3H3. The first-order valence-electron chi connectivity index (χ1n) is 7.59. The molecule has 0 saturated heterocycles. The summed E-state index contributed by atoms with van der Waals surface area (Å²) in [5.41, 5.74) is 6.71. The van der Waals surface area contributed by atoms with E-state index in [-0.39, 0.29) is 0 Å². The lowest BCUT2D eigenvalue weighted by molar-refractivity contribution is 0.475. The Balaban J connectivity index is 2.02. The minimum atomic E-state index is 0.804. The van der Waals surface area contributed by atoms with Gasteiger partial charge in [-0.3, -0.25) is 9.97 Å². The van der Waals surface area contributed by atoms with Gasteiger partial charge in [-0.1, -0.05) is 17.7 Å². The third-order valence-corrected chi connectivity index (χ3v) is 4.08. The monoisotopic (exact) mass is 303 g/mol. The van der Waals surface area contributed by atoms with Crippen LogP contribution in [0, 0.1) is 20.8 Å². The third kappa shape index (κ3) is 2.14. The van der Waals surface area contributed by atoms with Crippen LogP contribution in [-0.4, -0.2) is 9.97 Å². The number of ether oxygens (including phenoxy) is 1. The van der Waals surface area contributed by atoms with Gasteiger partial charge in [0.2, 0.25) is 0 Å². The molecule has 3 heterocycles. The Morgan fingerprint density at radius 2 is 1.35 bits per heavy atom. The topological polar surface area (TPSA) is 38.2 Å². The number of aryl methyl sites for hydroxylation is 3. The van der Waals surface area contributed by atoms with Gasteiger partial charge in [0, 0.05) is 24.5 Å². The fraction of sp³-hybridized carbons (Fsp3) is 0.158. The maximum Gasteiger partial charge on any atom is 0.154 e. The smallest absolute Gasteiger partial charge is 0.154 e. The Hall–Kier alpha value is -2.88. The summed E-state index contributed by atoms with van der Waals surface area (Å²) in [6.07, 6.45) is 7.17. The molecule has 23 heavy (non-hydrogen) atoms. The highest BCUT2D eigenvalue weighted by atomic mass is 16.5. The quantitative estimate of drug-likeness (QED) is 0.497. The lowest BCUT2D eigenvalue weighted by Crippen LogP contribution is -2.18. The van der Waals surface area contributed by atoms with Crippen LogP contribution in [0.2, 0.25) is 0 Å². The molecule has 0 spiro atoms. The molecule has 3 aromatic rings. The number of aromatic nitrogens is 2. The molecule has 0 amide bonds. The fourth-order valence-electron chi connectivity index (χ4n) is 3.27. The van der Waals surface area contributed by atoms with Gasteiger partial charge in [0.25, 0.3) is 0 Å². The van der Waals surface area contributed by atoms with Gasteiger partial charge < -0.3 is 9.64 Å². The van der Waals surface area contributed by atoms with Gasteiger partial charge in [0.05, 0.1) is 18.1 Å². The maximum absolute atomic E-state index is 6.01. The van der Waals surface area contributed by atoms with E-state index in [1.54, 1.807) is 12.4 Å². The van der Waals surface area contributed by atoms with E-state index in [4.69, 9.17) is 4.74 Å². The van der Waals surface area contributed by atoms with Crippen LogP contribution in [0.3, 0.4) is 0 Å². The van der Waals surface area contributed by atoms with E-state index in [1.165, 1.54) is 16.7 Å². The van der Waals surface area contributed by atoms with Crippen molar-refractivity contribution < 1.29 is 4.74 Å². The first-order chi connectivity index (χ1) is 11.1. The third-order valence-electron chi connectivity index (χ3n) is 4.08. The molecule has 0 N–H and O–H groups in total. The highest BCUT2D eigenvalue weighted by molar-refractivity contribution is 5.87. The van der Waals surface area contributed by atoms with Gasteiger partial charge in [-0.2, -0.15) is 0 Å². The number of hydrogen-bond acceptors (Lipinski definition) is 4. The molecule has 0 fully saturated rings. The summed E-state index contributed by atoms with van der Waals surface area (Å²) >= 11 is 0. The molecule has 4 heteroatoms. The molecule has 4 nitrogen and oxygen atoms in total. The fourth-order valence-corrected chi connectivity index (χ4v) is 3.27. The SMILES string of the molecule is Cc1cc(C)c(N2c3cnccc3Oc3ccncc32)c(C)c1. The van der Waals surface area contributed by atoms with Crippen molar-refractivity contribution in [2.45, 2.75) is 20.8 Å². The first-order valence-corrected chi connectivity index (χ1v) is 7.59. The molecule has 114 valence electrons. The molecular formula is C19H17N3O. The summed E-state index contributed by atoms with van der Waals surface area (Å²) in [4.78, 5) is 10.8. The second-order valence-electron chi connectivity index (χ2n) is 5.87. The van der Waals surface area contributed by atoms with Gasteiger partial charge in [0.1, 0.15) is 11.4 Å². The van der Waals surface area contributed by atoms with Crippen molar-refractivity contribution in [3.63, 3.8) is 0 Å².